The Kier molecular flexibility index (Phi) is 3.51. The van der Waals surface area contributed by atoms with Crippen LogP contribution in [0, 0.1) is 0 Å². The third kappa shape index (κ3) is 2.11. The van der Waals surface area contributed by atoms with E-state index < -0.39 is 0 Å². The highest BCUT2D eigenvalue weighted by Crippen LogP contribution is 2.30. The van der Waals surface area contributed by atoms with E-state index in [1.54, 1.807) is 0 Å². The van der Waals surface area contributed by atoms with Gasteiger partial charge in [0.2, 0.25) is 0 Å². The maximum absolute atomic E-state index is 3.60. The molecule has 0 amide bonds. The van der Waals surface area contributed by atoms with Gasteiger partial charge in [0.1, 0.15) is 0 Å². The van der Waals surface area contributed by atoms with Gasteiger partial charge >= 0.3 is 0 Å². The van der Waals surface area contributed by atoms with Gasteiger partial charge in [0, 0.05) is 36.5 Å². The standard InChI is InChI=1S/C17H16N2.ClH/c1-2-6-14-12(4-1)5-3-7-15(14)17-10-13-11-18-9-8-16(13)19-17;/h1-7,10,18-19H,8-9,11H2;1H. The molecule has 0 bridgehead atoms. The predicted molar refractivity (Wildman–Crippen MR) is 86.4 cm³/mol. The zero-order valence-corrected chi connectivity index (χ0v) is 12.0. The number of hydrogen-bond acceptors (Lipinski definition) is 1. The van der Waals surface area contributed by atoms with Crippen molar-refractivity contribution in [2.45, 2.75) is 13.0 Å². The summed E-state index contributed by atoms with van der Waals surface area (Å²) in [6.45, 7) is 2.05. The van der Waals surface area contributed by atoms with Crippen molar-refractivity contribution in [1.82, 2.24) is 10.3 Å². The lowest BCUT2D eigenvalue weighted by atomic mass is 10.0. The Morgan fingerprint density at radius 3 is 2.70 bits per heavy atom. The zero-order valence-electron chi connectivity index (χ0n) is 11.1. The average Bonchev–Trinajstić information content (AvgIpc) is 2.90. The molecule has 102 valence electrons. The van der Waals surface area contributed by atoms with Crippen molar-refractivity contribution in [3.05, 3.63) is 59.8 Å². The van der Waals surface area contributed by atoms with Crippen molar-refractivity contribution in [3.8, 4) is 11.3 Å². The first kappa shape index (κ1) is 13.2. The first-order valence-electron chi connectivity index (χ1n) is 6.81. The van der Waals surface area contributed by atoms with Crippen LogP contribution in [0.3, 0.4) is 0 Å². The smallest absolute Gasteiger partial charge is 0.0465 e. The van der Waals surface area contributed by atoms with Crippen molar-refractivity contribution < 1.29 is 0 Å². The molecular formula is C17H17ClN2. The second-order valence-corrected chi connectivity index (χ2v) is 5.14. The van der Waals surface area contributed by atoms with Crippen LogP contribution in [0.4, 0.5) is 0 Å². The number of benzene rings is 2. The Labute approximate surface area is 124 Å². The molecule has 2 aromatic carbocycles. The molecule has 0 saturated heterocycles. The van der Waals surface area contributed by atoms with Gasteiger partial charge in [-0.25, -0.2) is 0 Å². The van der Waals surface area contributed by atoms with Gasteiger partial charge in [0.25, 0.3) is 0 Å². The SMILES string of the molecule is Cl.c1ccc2c(-c3cc4c([nH]3)CCNC4)cccc2c1. The van der Waals surface area contributed by atoms with Crippen LogP contribution >= 0.6 is 12.4 Å². The van der Waals surface area contributed by atoms with Crippen LogP contribution in [0.5, 0.6) is 0 Å². The van der Waals surface area contributed by atoms with Crippen LogP contribution in [0.1, 0.15) is 11.3 Å². The molecule has 0 saturated carbocycles. The van der Waals surface area contributed by atoms with Gasteiger partial charge in [-0.3, -0.25) is 0 Å². The van der Waals surface area contributed by atoms with E-state index in [0.29, 0.717) is 0 Å². The van der Waals surface area contributed by atoms with E-state index >= 15 is 0 Å². The number of H-pyrrole nitrogens is 1. The second kappa shape index (κ2) is 5.31. The van der Waals surface area contributed by atoms with Gasteiger partial charge in [-0.05, 0) is 22.4 Å². The lowest BCUT2D eigenvalue weighted by Gasteiger charge is -2.11. The number of aromatic nitrogens is 1. The lowest BCUT2D eigenvalue weighted by Crippen LogP contribution is -2.22. The molecule has 1 aliphatic rings. The Morgan fingerprint density at radius 2 is 1.80 bits per heavy atom. The monoisotopic (exact) mass is 284 g/mol. The summed E-state index contributed by atoms with van der Waals surface area (Å²) in [7, 11) is 0. The van der Waals surface area contributed by atoms with Gasteiger partial charge in [-0.2, -0.15) is 0 Å². The molecule has 1 aromatic heterocycles. The lowest BCUT2D eigenvalue weighted by molar-refractivity contribution is 0.638. The average molecular weight is 285 g/mol. The van der Waals surface area contributed by atoms with Gasteiger partial charge in [-0.1, -0.05) is 42.5 Å². The molecule has 0 spiro atoms. The first-order valence-corrected chi connectivity index (χ1v) is 6.81. The highest BCUT2D eigenvalue weighted by molar-refractivity contribution is 5.96. The summed E-state index contributed by atoms with van der Waals surface area (Å²) in [5.41, 5.74) is 5.34. The van der Waals surface area contributed by atoms with E-state index in [1.165, 1.54) is 33.3 Å². The van der Waals surface area contributed by atoms with Crippen molar-refractivity contribution in [2.75, 3.05) is 6.54 Å². The Balaban J connectivity index is 0.00000121. The quantitative estimate of drug-likeness (QED) is 0.697. The minimum absolute atomic E-state index is 0. The van der Waals surface area contributed by atoms with Crippen LogP contribution < -0.4 is 5.32 Å². The van der Waals surface area contributed by atoms with E-state index in [-0.39, 0.29) is 12.4 Å². The molecule has 1 aliphatic heterocycles. The molecule has 20 heavy (non-hydrogen) atoms. The van der Waals surface area contributed by atoms with Crippen LogP contribution in [-0.2, 0) is 13.0 Å². The summed E-state index contributed by atoms with van der Waals surface area (Å²) in [6.07, 6.45) is 1.10. The summed E-state index contributed by atoms with van der Waals surface area (Å²) >= 11 is 0. The highest BCUT2D eigenvalue weighted by atomic mass is 35.5. The Morgan fingerprint density at radius 1 is 0.950 bits per heavy atom. The molecule has 0 atom stereocenters. The maximum atomic E-state index is 3.60. The fourth-order valence-electron chi connectivity index (χ4n) is 2.96. The summed E-state index contributed by atoms with van der Waals surface area (Å²) in [6, 6.07) is 17.4. The van der Waals surface area contributed by atoms with E-state index in [1.807, 2.05) is 0 Å². The largest absolute Gasteiger partial charge is 0.358 e. The maximum Gasteiger partial charge on any atom is 0.0465 e. The fraction of sp³-hybridized carbons (Fsp3) is 0.176. The summed E-state index contributed by atoms with van der Waals surface area (Å²) in [5, 5.41) is 6.04. The van der Waals surface area contributed by atoms with E-state index in [0.717, 1.165) is 19.5 Å². The molecule has 2 nitrogen and oxygen atoms in total. The van der Waals surface area contributed by atoms with Crippen molar-refractivity contribution in [1.29, 1.82) is 0 Å². The van der Waals surface area contributed by atoms with Crippen molar-refractivity contribution >= 4 is 23.2 Å². The minimum Gasteiger partial charge on any atom is -0.358 e. The molecular weight excluding hydrogens is 268 g/mol. The zero-order chi connectivity index (χ0) is 12.7. The summed E-state index contributed by atoms with van der Waals surface area (Å²) in [4.78, 5) is 3.60. The van der Waals surface area contributed by atoms with Gasteiger partial charge < -0.3 is 10.3 Å². The summed E-state index contributed by atoms with van der Waals surface area (Å²) < 4.78 is 0. The topological polar surface area (TPSA) is 27.8 Å². The molecule has 0 aliphatic carbocycles. The Bertz CT molecular complexity index is 717. The van der Waals surface area contributed by atoms with Crippen molar-refractivity contribution in [2.24, 2.45) is 0 Å². The Hall–Kier alpha value is -1.77. The predicted octanol–water partition coefficient (Wildman–Crippen LogP) is 3.90. The van der Waals surface area contributed by atoms with Crippen LogP contribution in [0.15, 0.2) is 48.5 Å². The number of rotatable bonds is 1. The third-order valence-electron chi connectivity index (χ3n) is 3.94. The molecule has 2 N–H and O–H groups in total. The van der Waals surface area contributed by atoms with Crippen LogP contribution in [0.25, 0.3) is 22.0 Å². The third-order valence-corrected chi connectivity index (χ3v) is 3.94. The van der Waals surface area contributed by atoms with Crippen LogP contribution in [0.2, 0.25) is 0 Å². The molecule has 0 fully saturated rings. The second-order valence-electron chi connectivity index (χ2n) is 5.14. The van der Waals surface area contributed by atoms with Gasteiger partial charge in [-0.15, -0.1) is 12.4 Å². The van der Waals surface area contributed by atoms with E-state index in [2.05, 4.69) is 58.8 Å². The number of hydrogen-bond donors (Lipinski definition) is 2. The highest BCUT2D eigenvalue weighted by Gasteiger charge is 2.13. The van der Waals surface area contributed by atoms with Crippen molar-refractivity contribution in [3.63, 3.8) is 0 Å². The summed E-state index contributed by atoms with van der Waals surface area (Å²) in [5.74, 6) is 0. The van der Waals surface area contributed by atoms with Gasteiger partial charge in [0.05, 0.1) is 0 Å². The molecule has 2 heterocycles. The minimum atomic E-state index is 0. The van der Waals surface area contributed by atoms with E-state index in [4.69, 9.17) is 0 Å². The molecule has 3 aromatic rings. The fourth-order valence-corrected chi connectivity index (χ4v) is 2.96. The normalized spacial score (nSPS) is 13.8. The molecule has 0 radical (unpaired) electrons. The number of nitrogens with one attached hydrogen (secondary N) is 2. The number of aromatic amines is 1. The number of halogens is 1. The molecule has 4 rings (SSSR count). The first-order chi connectivity index (χ1) is 9.42. The molecule has 3 heteroatoms. The number of fused-ring (bicyclic) bond motifs is 2. The van der Waals surface area contributed by atoms with Gasteiger partial charge in [0.15, 0.2) is 0 Å². The van der Waals surface area contributed by atoms with Crippen LogP contribution in [-0.4, -0.2) is 11.5 Å². The molecule has 0 unspecified atom stereocenters. The van der Waals surface area contributed by atoms with E-state index in [9.17, 15) is 0 Å².